The molecule has 0 N–H and O–H groups in total. The lowest BCUT2D eigenvalue weighted by Crippen LogP contribution is -2.26. The summed E-state index contributed by atoms with van der Waals surface area (Å²) in [5.74, 6) is -0.000825. The second kappa shape index (κ2) is 6.44. The Labute approximate surface area is 169 Å². The summed E-state index contributed by atoms with van der Waals surface area (Å²) in [5, 5.41) is 4.57. The molecule has 0 radical (unpaired) electrons. The van der Waals surface area contributed by atoms with Crippen LogP contribution in [0.25, 0.3) is 11.1 Å². The molecule has 3 aromatic rings. The van der Waals surface area contributed by atoms with E-state index < -0.39 is 9.84 Å². The van der Waals surface area contributed by atoms with Gasteiger partial charge in [0.1, 0.15) is 0 Å². The Morgan fingerprint density at radius 2 is 1.96 bits per heavy atom. The van der Waals surface area contributed by atoms with E-state index in [9.17, 15) is 8.42 Å². The zero-order valence-corrected chi connectivity index (χ0v) is 17.0. The highest BCUT2D eigenvalue weighted by atomic mass is 35.5. The lowest BCUT2D eigenvalue weighted by molar-refractivity contribution is 0.325. The topological polar surface area (TPSA) is 55.2 Å². The molecule has 0 spiro atoms. The molecule has 2 aromatic carbocycles. The van der Waals surface area contributed by atoms with E-state index in [-0.39, 0.29) is 11.2 Å². The van der Waals surface area contributed by atoms with E-state index >= 15 is 0 Å². The maximum Gasteiger partial charge on any atom is 0.183 e. The average Bonchev–Trinajstić information content (AvgIpc) is 3.34. The van der Waals surface area contributed by atoms with Crippen LogP contribution in [0.2, 0.25) is 5.02 Å². The highest BCUT2D eigenvalue weighted by Crippen LogP contribution is 2.46. The number of hydrogen-bond donors (Lipinski definition) is 0. The quantitative estimate of drug-likeness (QED) is 0.659. The summed E-state index contributed by atoms with van der Waals surface area (Å²) in [6.07, 6.45) is 3.75. The van der Waals surface area contributed by atoms with Crippen molar-refractivity contribution in [1.29, 1.82) is 0 Å². The molecule has 7 heteroatoms. The van der Waals surface area contributed by atoms with Gasteiger partial charge >= 0.3 is 0 Å². The number of benzene rings is 2. The molecule has 1 fully saturated rings. The van der Waals surface area contributed by atoms with E-state index in [4.69, 9.17) is 11.6 Å². The smallest absolute Gasteiger partial charge is 0.183 e. The third-order valence-electron chi connectivity index (χ3n) is 5.85. The first kappa shape index (κ1) is 17.9. The van der Waals surface area contributed by atoms with Gasteiger partial charge in [0.15, 0.2) is 9.84 Å². The van der Waals surface area contributed by atoms with Crippen LogP contribution in [0.5, 0.6) is 0 Å². The highest BCUT2D eigenvalue weighted by Gasteiger charge is 2.50. The van der Waals surface area contributed by atoms with Gasteiger partial charge in [-0.05, 0) is 34.9 Å². The molecule has 0 saturated carbocycles. The van der Waals surface area contributed by atoms with Gasteiger partial charge in [0.25, 0.3) is 0 Å². The van der Waals surface area contributed by atoms with Crippen LogP contribution in [0.15, 0.2) is 59.8 Å². The summed E-state index contributed by atoms with van der Waals surface area (Å²) in [4.78, 5) is 2.70. The van der Waals surface area contributed by atoms with Crippen LogP contribution >= 0.6 is 11.6 Å². The van der Waals surface area contributed by atoms with Crippen molar-refractivity contribution in [2.75, 3.05) is 13.1 Å². The van der Waals surface area contributed by atoms with Gasteiger partial charge in [-0.25, -0.2) is 8.42 Å². The van der Waals surface area contributed by atoms with Crippen molar-refractivity contribution in [2.45, 2.75) is 22.6 Å². The third kappa shape index (κ3) is 2.79. The molecule has 0 aliphatic carbocycles. The van der Waals surface area contributed by atoms with Crippen LogP contribution in [0, 0.1) is 0 Å². The van der Waals surface area contributed by atoms with Crippen LogP contribution in [0.1, 0.15) is 17.0 Å². The Bertz CT molecular complexity index is 1170. The molecule has 1 aromatic heterocycles. The average molecular weight is 414 g/mol. The third-order valence-corrected chi connectivity index (χ3v) is 8.47. The van der Waals surface area contributed by atoms with Gasteiger partial charge in [-0.2, -0.15) is 5.10 Å². The van der Waals surface area contributed by atoms with Gasteiger partial charge in [-0.3, -0.25) is 9.58 Å². The van der Waals surface area contributed by atoms with Crippen LogP contribution < -0.4 is 0 Å². The van der Waals surface area contributed by atoms with Crippen molar-refractivity contribution in [2.24, 2.45) is 7.05 Å². The lowest BCUT2D eigenvalue weighted by Gasteiger charge is -2.18. The monoisotopic (exact) mass is 413 g/mol. The Morgan fingerprint density at radius 1 is 1.14 bits per heavy atom. The minimum atomic E-state index is -3.31. The van der Waals surface area contributed by atoms with Gasteiger partial charge in [-0.15, -0.1) is 0 Å². The normalized spacial score (nSPS) is 22.9. The molecular weight excluding hydrogens is 394 g/mol. The molecular formula is C21H20ClN3O2S. The Balaban J connectivity index is 1.48. The predicted molar refractivity (Wildman–Crippen MR) is 109 cm³/mol. The number of aromatic nitrogens is 2. The van der Waals surface area contributed by atoms with E-state index in [2.05, 4.69) is 10.00 Å². The minimum absolute atomic E-state index is 0.000825. The van der Waals surface area contributed by atoms with Crippen molar-refractivity contribution in [3.63, 3.8) is 0 Å². The molecule has 0 unspecified atom stereocenters. The molecule has 2 atom stereocenters. The van der Waals surface area contributed by atoms with Crippen molar-refractivity contribution in [3.8, 4) is 11.1 Å². The number of sulfone groups is 1. The summed E-state index contributed by atoms with van der Waals surface area (Å²) in [7, 11) is -1.43. The Morgan fingerprint density at radius 3 is 2.71 bits per heavy atom. The number of aryl methyl sites for hydroxylation is 1. The maximum absolute atomic E-state index is 13.1. The maximum atomic E-state index is 13.1. The van der Waals surface area contributed by atoms with Crippen LogP contribution in [0.3, 0.4) is 0 Å². The fraction of sp³-hybridized carbons (Fsp3) is 0.286. The van der Waals surface area contributed by atoms with Gasteiger partial charge in [0, 0.05) is 49.4 Å². The first-order chi connectivity index (χ1) is 13.4. The second-order valence-corrected chi connectivity index (χ2v) is 10.2. The lowest BCUT2D eigenvalue weighted by atomic mass is 9.95. The van der Waals surface area contributed by atoms with Gasteiger partial charge in [0.2, 0.25) is 0 Å². The zero-order chi connectivity index (χ0) is 19.5. The number of likely N-dealkylation sites (tertiary alicyclic amines) is 1. The minimum Gasteiger partial charge on any atom is -0.297 e. The largest absolute Gasteiger partial charge is 0.297 e. The summed E-state index contributed by atoms with van der Waals surface area (Å²) in [5.41, 5.74) is 3.98. The van der Waals surface area contributed by atoms with Crippen LogP contribution in [-0.4, -0.2) is 41.4 Å². The van der Waals surface area contributed by atoms with E-state index in [1.165, 1.54) is 0 Å². The first-order valence-corrected chi connectivity index (χ1v) is 11.2. The van der Waals surface area contributed by atoms with E-state index in [0.717, 1.165) is 33.8 Å². The summed E-state index contributed by atoms with van der Waals surface area (Å²) in [6, 6.07) is 13.4. The Hall–Kier alpha value is -2.15. The highest BCUT2D eigenvalue weighted by molar-refractivity contribution is 7.92. The standard InChI is InChI=1S/C21H20ClN3O2S/c1-24-10-16(9-23-24)14-6-7-20-17(8-14)18-12-25(13-21(18)28(20,26)27)11-15-4-2-3-5-19(15)22/h2-10,18,21H,11-13H2,1H3/t18-,21-/m0/s1. The van der Waals surface area contributed by atoms with Crippen molar-refractivity contribution in [1.82, 2.24) is 14.7 Å². The molecule has 28 heavy (non-hydrogen) atoms. The number of nitrogens with zero attached hydrogens (tertiary/aromatic N) is 3. The van der Waals surface area contributed by atoms with Gasteiger partial charge in [0.05, 0.1) is 16.3 Å². The van der Waals surface area contributed by atoms with Crippen LogP contribution in [0.4, 0.5) is 0 Å². The zero-order valence-electron chi connectivity index (χ0n) is 15.4. The number of rotatable bonds is 3. The molecule has 3 heterocycles. The van der Waals surface area contributed by atoms with Gasteiger partial charge in [-0.1, -0.05) is 35.9 Å². The number of fused-ring (bicyclic) bond motifs is 3. The number of halogens is 1. The molecule has 0 bridgehead atoms. The SMILES string of the molecule is Cn1cc(-c2ccc3c(c2)[C@@H]2CN(Cc4ccccc4Cl)C[C@@H]2S3(=O)=O)cn1. The van der Waals surface area contributed by atoms with Crippen molar-refractivity contribution >= 4 is 21.4 Å². The summed E-state index contributed by atoms with van der Waals surface area (Å²) in [6.45, 7) is 1.92. The second-order valence-electron chi connectivity index (χ2n) is 7.63. The Kier molecular flexibility index (Phi) is 4.12. The molecule has 0 amide bonds. The molecule has 1 saturated heterocycles. The fourth-order valence-corrected chi connectivity index (χ4v) is 6.86. The summed E-state index contributed by atoms with van der Waals surface area (Å²) >= 11 is 6.30. The van der Waals surface area contributed by atoms with Crippen molar-refractivity contribution < 1.29 is 8.42 Å². The molecule has 2 aliphatic rings. The predicted octanol–water partition coefficient (Wildman–Crippen LogP) is 3.50. The first-order valence-electron chi connectivity index (χ1n) is 9.26. The molecule has 144 valence electrons. The fourth-order valence-electron chi connectivity index (χ4n) is 4.47. The van der Waals surface area contributed by atoms with Crippen LogP contribution in [-0.2, 0) is 23.4 Å². The molecule has 5 rings (SSSR count). The van der Waals surface area contributed by atoms with Crippen molar-refractivity contribution in [3.05, 3.63) is 71.0 Å². The van der Waals surface area contributed by atoms with Gasteiger partial charge < -0.3 is 0 Å². The molecule has 5 nitrogen and oxygen atoms in total. The van der Waals surface area contributed by atoms with E-state index in [1.54, 1.807) is 16.9 Å². The van der Waals surface area contributed by atoms with E-state index in [1.807, 2.05) is 49.6 Å². The molecule has 2 aliphatic heterocycles. The number of hydrogen-bond acceptors (Lipinski definition) is 4. The van der Waals surface area contributed by atoms with E-state index in [0.29, 0.717) is 18.0 Å². The summed E-state index contributed by atoms with van der Waals surface area (Å²) < 4.78 is 28.0.